The minimum atomic E-state index is 0.444. The topological polar surface area (TPSA) is 56.7 Å². The zero-order valence-electron chi connectivity index (χ0n) is 9.14. The Balaban J connectivity index is 2.36. The average Bonchev–Trinajstić information content (AvgIpc) is 2.65. The van der Waals surface area contributed by atoms with Gasteiger partial charge in [-0.2, -0.15) is 0 Å². The van der Waals surface area contributed by atoms with Crippen LogP contribution in [0.4, 0.5) is 5.95 Å². The van der Waals surface area contributed by atoms with E-state index in [1.165, 1.54) is 0 Å². The van der Waals surface area contributed by atoms with Crippen LogP contribution < -0.4 is 5.73 Å². The van der Waals surface area contributed by atoms with Crippen molar-refractivity contribution in [2.75, 3.05) is 5.73 Å². The summed E-state index contributed by atoms with van der Waals surface area (Å²) in [7, 11) is 0. The Labute approximate surface area is 125 Å². The van der Waals surface area contributed by atoms with Crippen LogP contribution in [-0.4, -0.2) is 14.5 Å². The standard InChI is InChI=1S/C12H8BrIN4/c13-7-5-9-11(16-6-7)18(12(15)17-9)10-4-2-1-3-8(10)14/h1-6H,(H2,15,17). The molecule has 18 heavy (non-hydrogen) atoms. The van der Waals surface area contributed by atoms with Crippen molar-refractivity contribution in [2.24, 2.45) is 0 Å². The lowest BCUT2D eigenvalue weighted by Gasteiger charge is -2.07. The molecule has 3 aromatic rings. The molecule has 0 spiro atoms. The number of aromatic nitrogens is 3. The number of halogens is 2. The van der Waals surface area contributed by atoms with E-state index in [1.54, 1.807) is 6.20 Å². The van der Waals surface area contributed by atoms with Gasteiger partial charge in [-0.3, -0.25) is 4.57 Å². The Bertz CT molecular complexity index is 738. The second kappa shape index (κ2) is 4.51. The molecule has 0 aliphatic carbocycles. The lowest BCUT2D eigenvalue weighted by Crippen LogP contribution is -2.03. The number of rotatable bonds is 1. The van der Waals surface area contributed by atoms with Gasteiger partial charge >= 0.3 is 0 Å². The summed E-state index contributed by atoms with van der Waals surface area (Å²) in [6.45, 7) is 0. The maximum absolute atomic E-state index is 6.00. The van der Waals surface area contributed by atoms with Crippen molar-refractivity contribution in [1.29, 1.82) is 0 Å². The van der Waals surface area contributed by atoms with Gasteiger partial charge in [-0.1, -0.05) is 12.1 Å². The van der Waals surface area contributed by atoms with Gasteiger partial charge in [0.1, 0.15) is 5.52 Å². The summed E-state index contributed by atoms with van der Waals surface area (Å²) in [4.78, 5) is 8.73. The minimum absolute atomic E-state index is 0.444. The van der Waals surface area contributed by atoms with Gasteiger partial charge < -0.3 is 5.73 Å². The van der Waals surface area contributed by atoms with Crippen LogP contribution in [0.3, 0.4) is 0 Å². The van der Waals surface area contributed by atoms with E-state index < -0.39 is 0 Å². The number of fused-ring (bicyclic) bond motifs is 1. The highest BCUT2D eigenvalue weighted by atomic mass is 127. The summed E-state index contributed by atoms with van der Waals surface area (Å²) < 4.78 is 3.86. The zero-order chi connectivity index (χ0) is 12.7. The molecule has 3 rings (SSSR count). The van der Waals surface area contributed by atoms with Crippen LogP contribution in [0.1, 0.15) is 0 Å². The Morgan fingerprint density at radius 2 is 2.06 bits per heavy atom. The number of nitrogen functional groups attached to an aromatic ring is 1. The third-order valence-electron chi connectivity index (χ3n) is 2.58. The lowest BCUT2D eigenvalue weighted by molar-refractivity contribution is 1.07. The molecule has 0 saturated heterocycles. The summed E-state index contributed by atoms with van der Waals surface area (Å²) in [6, 6.07) is 9.90. The molecule has 0 amide bonds. The van der Waals surface area contributed by atoms with E-state index in [9.17, 15) is 0 Å². The molecule has 6 heteroatoms. The summed E-state index contributed by atoms with van der Waals surface area (Å²) in [6.07, 6.45) is 1.75. The van der Waals surface area contributed by atoms with Gasteiger partial charge in [-0.15, -0.1) is 0 Å². The van der Waals surface area contributed by atoms with Crippen molar-refractivity contribution in [3.8, 4) is 5.69 Å². The van der Waals surface area contributed by atoms with Crippen LogP contribution in [-0.2, 0) is 0 Å². The molecule has 2 aromatic heterocycles. The Kier molecular flexibility index (Phi) is 2.98. The van der Waals surface area contributed by atoms with Crippen molar-refractivity contribution < 1.29 is 0 Å². The van der Waals surface area contributed by atoms with Gasteiger partial charge in [0.2, 0.25) is 5.95 Å². The molecule has 2 heterocycles. The molecule has 1 aromatic carbocycles. The van der Waals surface area contributed by atoms with Crippen molar-refractivity contribution in [3.63, 3.8) is 0 Å². The van der Waals surface area contributed by atoms with E-state index in [4.69, 9.17) is 5.73 Å². The largest absolute Gasteiger partial charge is 0.369 e. The van der Waals surface area contributed by atoms with E-state index in [2.05, 4.69) is 48.5 Å². The number of para-hydroxylation sites is 1. The van der Waals surface area contributed by atoms with Gasteiger partial charge in [-0.05, 0) is 56.7 Å². The molecule has 0 unspecified atom stereocenters. The molecule has 0 saturated carbocycles. The lowest BCUT2D eigenvalue weighted by atomic mass is 10.3. The van der Waals surface area contributed by atoms with Crippen LogP contribution in [0.25, 0.3) is 16.9 Å². The van der Waals surface area contributed by atoms with Gasteiger partial charge in [0, 0.05) is 14.2 Å². The first-order valence-corrected chi connectivity index (χ1v) is 7.08. The fourth-order valence-electron chi connectivity index (χ4n) is 1.83. The first-order valence-electron chi connectivity index (χ1n) is 5.21. The summed E-state index contributed by atoms with van der Waals surface area (Å²) >= 11 is 5.66. The Morgan fingerprint density at radius 1 is 1.28 bits per heavy atom. The van der Waals surface area contributed by atoms with Crippen LogP contribution in [0.2, 0.25) is 0 Å². The third kappa shape index (κ3) is 1.89. The van der Waals surface area contributed by atoms with Crippen LogP contribution in [0.5, 0.6) is 0 Å². The normalized spacial score (nSPS) is 11.0. The highest BCUT2D eigenvalue weighted by Gasteiger charge is 2.13. The number of hydrogen-bond donors (Lipinski definition) is 1. The predicted octanol–water partition coefficient (Wildman–Crippen LogP) is 3.37. The number of benzene rings is 1. The number of pyridine rings is 1. The minimum Gasteiger partial charge on any atom is -0.369 e. The molecule has 0 atom stereocenters. The third-order valence-corrected chi connectivity index (χ3v) is 3.93. The quantitative estimate of drug-likeness (QED) is 0.621. The fourth-order valence-corrected chi connectivity index (χ4v) is 2.78. The van der Waals surface area contributed by atoms with Crippen molar-refractivity contribution in [2.45, 2.75) is 0 Å². The number of nitrogens with zero attached hydrogens (tertiary/aromatic N) is 3. The number of nitrogens with two attached hydrogens (primary N) is 1. The Hall–Kier alpha value is -1.15. The highest BCUT2D eigenvalue weighted by molar-refractivity contribution is 14.1. The van der Waals surface area contributed by atoms with E-state index in [0.29, 0.717) is 5.95 Å². The molecule has 2 N–H and O–H groups in total. The van der Waals surface area contributed by atoms with Crippen LogP contribution in [0.15, 0.2) is 41.0 Å². The second-order valence-corrected chi connectivity index (χ2v) is 5.83. The van der Waals surface area contributed by atoms with Crippen LogP contribution >= 0.6 is 38.5 Å². The number of imidazole rings is 1. The molecular weight excluding hydrogens is 407 g/mol. The summed E-state index contributed by atoms with van der Waals surface area (Å²) in [5, 5.41) is 0. The maximum Gasteiger partial charge on any atom is 0.207 e. The average molecular weight is 415 g/mol. The summed E-state index contributed by atoms with van der Waals surface area (Å²) in [5.74, 6) is 0.444. The van der Waals surface area contributed by atoms with Gasteiger partial charge in [0.15, 0.2) is 5.65 Å². The van der Waals surface area contributed by atoms with E-state index in [-0.39, 0.29) is 0 Å². The van der Waals surface area contributed by atoms with Crippen LogP contribution in [0, 0.1) is 3.57 Å². The molecule has 0 bridgehead atoms. The number of hydrogen-bond acceptors (Lipinski definition) is 3. The first-order chi connectivity index (χ1) is 8.66. The molecule has 0 radical (unpaired) electrons. The van der Waals surface area contributed by atoms with Crippen molar-refractivity contribution in [1.82, 2.24) is 14.5 Å². The van der Waals surface area contributed by atoms with Gasteiger partial charge in [-0.25, -0.2) is 9.97 Å². The zero-order valence-corrected chi connectivity index (χ0v) is 12.9. The molecule has 90 valence electrons. The molecule has 4 nitrogen and oxygen atoms in total. The second-order valence-electron chi connectivity index (χ2n) is 3.75. The first kappa shape index (κ1) is 11.9. The smallest absolute Gasteiger partial charge is 0.207 e. The maximum atomic E-state index is 6.00. The SMILES string of the molecule is Nc1nc2cc(Br)cnc2n1-c1ccccc1I. The van der Waals surface area contributed by atoms with Gasteiger partial charge in [0.25, 0.3) is 0 Å². The fraction of sp³-hybridized carbons (Fsp3) is 0. The highest BCUT2D eigenvalue weighted by Crippen LogP contribution is 2.26. The monoisotopic (exact) mass is 414 g/mol. The molecular formula is C12H8BrIN4. The molecule has 0 aliphatic heterocycles. The van der Waals surface area contributed by atoms with Crippen molar-refractivity contribution in [3.05, 3.63) is 44.6 Å². The van der Waals surface area contributed by atoms with E-state index in [1.807, 2.05) is 34.9 Å². The predicted molar refractivity (Wildman–Crippen MR) is 83.7 cm³/mol. The molecule has 0 aliphatic rings. The van der Waals surface area contributed by atoms with E-state index >= 15 is 0 Å². The van der Waals surface area contributed by atoms with Gasteiger partial charge in [0.05, 0.1) is 5.69 Å². The Morgan fingerprint density at radius 3 is 2.83 bits per heavy atom. The van der Waals surface area contributed by atoms with E-state index in [0.717, 1.165) is 24.9 Å². The number of anilines is 1. The molecule has 0 fully saturated rings. The van der Waals surface area contributed by atoms with Crippen molar-refractivity contribution >= 4 is 55.6 Å². The summed E-state index contributed by atoms with van der Waals surface area (Å²) in [5.41, 5.74) is 8.53.